The summed E-state index contributed by atoms with van der Waals surface area (Å²) in [4.78, 5) is 2.44. The molecule has 0 atom stereocenters. The van der Waals surface area contributed by atoms with E-state index in [4.69, 9.17) is 0 Å². The molecule has 0 fully saturated rings. The maximum atomic E-state index is 3.53. The molecule has 0 radical (unpaired) electrons. The molecule has 0 spiro atoms. The van der Waals surface area contributed by atoms with E-state index < -0.39 is 0 Å². The van der Waals surface area contributed by atoms with Crippen molar-refractivity contribution in [1.82, 2.24) is 10.2 Å². The first kappa shape index (κ1) is 18.2. The summed E-state index contributed by atoms with van der Waals surface area (Å²) in [5, 5.41) is 3.53. The number of nitrogens with one attached hydrogen (secondary N) is 1. The summed E-state index contributed by atoms with van der Waals surface area (Å²) >= 11 is 0. The lowest BCUT2D eigenvalue weighted by atomic mass is 10.1. The number of benzene rings is 1. The molecule has 2 nitrogen and oxygen atoms in total. The van der Waals surface area contributed by atoms with Crippen molar-refractivity contribution < 1.29 is 0 Å². The molecule has 1 rings (SSSR count). The SMILES string of the molecule is CC(C)CN(C)CCCc1ccc(CNC(C)(C)C)cc1. The van der Waals surface area contributed by atoms with Crippen LogP contribution in [0.25, 0.3) is 0 Å². The van der Waals surface area contributed by atoms with Gasteiger partial charge in [0, 0.05) is 18.6 Å². The largest absolute Gasteiger partial charge is 0.308 e. The minimum atomic E-state index is 0.180. The summed E-state index contributed by atoms with van der Waals surface area (Å²) in [5.41, 5.74) is 3.00. The molecule has 0 heterocycles. The van der Waals surface area contributed by atoms with Gasteiger partial charge in [-0.1, -0.05) is 38.1 Å². The van der Waals surface area contributed by atoms with Crippen LogP contribution in [0.15, 0.2) is 24.3 Å². The molecule has 0 aliphatic heterocycles. The highest BCUT2D eigenvalue weighted by molar-refractivity contribution is 5.22. The van der Waals surface area contributed by atoms with Gasteiger partial charge >= 0.3 is 0 Å². The van der Waals surface area contributed by atoms with E-state index in [1.165, 1.54) is 37.1 Å². The van der Waals surface area contributed by atoms with Gasteiger partial charge in [-0.15, -0.1) is 0 Å². The first-order valence-electron chi connectivity index (χ1n) is 8.27. The molecule has 1 aromatic carbocycles. The van der Waals surface area contributed by atoms with E-state index in [1.807, 2.05) is 0 Å². The Hall–Kier alpha value is -0.860. The van der Waals surface area contributed by atoms with E-state index in [-0.39, 0.29) is 5.54 Å². The third-order valence-electron chi connectivity index (χ3n) is 3.53. The molecule has 0 bridgehead atoms. The number of aryl methyl sites for hydroxylation is 1. The van der Waals surface area contributed by atoms with Gasteiger partial charge in [-0.25, -0.2) is 0 Å². The van der Waals surface area contributed by atoms with Gasteiger partial charge in [0.15, 0.2) is 0 Å². The number of hydrogen-bond acceptors (Lipinski definition) is 2. The first-order chi connectivity index (χ1) is 9.76. The fourth-order valence-electron chi connectivity index (χ4n) is 2.46. The van der Waals surface area contributed by atoms with Crippen LogP contribution in [0.2, 0.25) is 0 Å². The smallest absolute Gasteiger partial charge is 0.0210 e. The van der Waals surface area contributed by atoms with Crippen molar-refractivity contribution in [3.05, 3.63) is 35.4 Å². The van der Waals surface area contributed by atoms with Gasteiger partial charge in [0.25, 0.3) is 0 Å². The summed E-state index contributed by atoms with van der Waals surface area (Å²) in [5.74, 6) is 0.754. The molecule has 1 aromatic rings. The Morgan fingerprint density at radius 2 is 1.62 bits per heavy atom. The van der Waals surface area contributed by atoms with Crippen LogP contribution in [-0.2, 0) is 13.0 Å². The zero-order valence-corrected chi connectivity index (χ0v) is 14.9. The molecular weight excluding hydrogens is 256 g/mol. The second-order valence-electron chi connectivity index (χ2n) is 7.68. The Morgan fingerprint density at radius 1 is 1.05 bits per heavy atom. The Morgan fingerprint density at radius 3 is 2.14 bits per heavy atom. The molecule has 0 aromatic heterocycles. The predicted octanol–water partition coefficient (Wildman–Crippen LogP) is 4.10. The van der Waals surface area contributed by atoms with Crippen LogP contribution in [0.5, 0.6) is 0 Å². The quantitative estimate of drug-likeness (QED) is 0.775. The average molecular weight is 290 g/mol. The third-order valence-corrected chi connectivity index (χ3v) is 3.53. The highest BCUT2D eigenvalue weighted by Crippen LogP contribution is 2.09. The Bertz CT molecular complexity index is 387. The van der Waals surface area contributed by atoms with Crippen LogP contribution in [0, 0.1) is 5.92 Å². The van der Waals surface area contributed by atoms with Crippen LogP contribution in [0.1, 0.15) is 52.2 Å². The van der Waals surface area contributed by atoms with E-state index in [0.29, 0.717) is 0 Å². The Kier molecular flexibility index (Phi) is 7.41. The molecule has 0 aliphatic carbocycles. The molecule has 0 saturated carbocycles. The molecule has 120 valence electrons. The topological polar surface area (TPSA) is 15.3 Å². The van der Waals surface area contributed by atoms with Gasteiger partial charge in [0.05, 0.1) is 0 Å². The number of hydrogen-bond donors (Lipinski definition) is 1. The summed E-state index contributed by atoms with van der Waals surface area (Å²) < 4.78 is 0. The lowest BCUT2D eigenvalue weighted by molar-refractivity contribution is 0.292. The number of rotatable bonds is 8. The highest BCUT2D eigenvalue weighted by atomic mass is 15.1. The Labute approximate surface area is 131 Å². The number of nitrogens with zero attached hydrogens (tertiary/aromatic N) is 1. The lowest BCUT2D eigenvalue weighted by Gasteiger charge is -2.20. The van der Waals surface area contributed by atoms with Crippen LogP contribution in [0.3, 0.4) is 0 Å². The molecule has 2 heteroatoms. The maximum Gasteiger partial charge on any atom is 0.0210 e. The molecule has 0 amide bonds. The summed E-state index contributed by atoms with van der Waals surface area (Å²) in [6.07, 6.45) is 2.41. The summed E-state index contributed by atoms with van der Waals surface area (Å²) in [6.45, 7) is 14.5. The first-order valence-corrected chi connectivity index (χ1v) is 8.27. The second kappa shape index (κ2) is 8.55. The molecule has 1 N–H and O–H groups in total. The maximum absolute atomic E-state index is 3.53. The van der Waals surface area contributed by atoms with Crippen molar-refractivity contribution in [3.8, 4) is 0 Å². The minimum Gasteiger partial charge on any atom is -0.308 e. The van der Waals surface area contributed by atoms with Crippen LogP contribution in [0.4, 0.5) is 0 Å². The van der Waals surface area contributed by atoms with Gasteiger partial charge in [0.1, 0.15) is 0 Å². The van der Waals surface area contributed by atoms with Gasteiger partial charge in [-0.05, 0) is 64.3 Å². The van der Waals surface area contributed by atoms with Gasteiger partial charge < -0.3 is 10.2 Å². The summed E-state index contributed by atoms with van der Waals surface area (Å²) in [7, 11) is 2.22. The predicted molar refractivity (Wildman–Crippen MR) is 93.7 cm³/mol. The van der Waals surface area contributed by atoms with Gasteiger partial charge in [-0.3, -0.25) is 0 Å². The van der Waals surface area contributed by atoms with Crippen molar-refractivity contribution >= 4 is 0 Å². The van der Waals surface area contributed by atoms with E-state index in [2.05, 4.69) is 76.1 Å². The molecular formula is C19H34N2. The highest BCUT2D eigenvalue weighted by Gasteiger charge is 2.08. The lowest BCUT2D eigenvalue weighted by Crippen LogP contribution is -2.35. The fourth-order valence-corrected chi connectivity index (χ4v) is 2.46. The zero-order valence-electron chi connectivity index (χ0n) is 14.9. The van der Waals surface area contributed by atoms with Crippen molar-refractivity contribution in [2.75, 3.05) is 20.1 Å². The van der Waals surface area contributed by atoms with E-state index in [9.17, 15) is 0 Å². The van der Waals surface area contributed by atoms with Crippen LogP contribution in [-0.4, -0.2) is 30.6 Å². The standard InChI is InChI=1S/C19H34N2/c1-16(2)15-21(6)13-7-8-17-9-11-18(12-10-17)14-20-19(3,4)5/h9-12,16,20H,7-8,13-15H2,1-6H3. The average Bonchev–Trinajstić information content (AvgIpc) is 2.36. The zero-order chi connectivity index (χ0) is 15.9. The third kappa shape index (κ3) is 8.90. The molecule has 0 saturated heterocycles. The van der Waals surface area contributed by atoms with Gasteiger partial charge in [-0.2, -0.15) is 0 Å². The van der Waals surface area contributed by atoms with E-state index in [0.717, 1.165) is 12.5 Å². The Balaban J connectivity index is 2.31. The van der Waals surface area contributed by atoms with E-state index in [1.54, 1.807) is 0 Å². The second-order valence-corrected chi connectivity index (χ2v) is 7.68. The molecule has 0 unspecified atom stereocenters. The van der Waals surface area contributed by atoms with Crippen molar-refractivity contribution in [1.29, 1.82) is 0 Å². The van der Waals surface area contributed by atoms with Crippen molar-refractivity contribution in [2.45, 2.75) is 59.5 Å². The van der Waals surface area contributed by atoms with Crippen molar-refractivity contribution in [3.63, 3.8) is 0 Å². The molecule has 0 aliphatic rings. The summed E-state index contributed by atoms with van der Waals surface area (Å²) in [6, 6.07) is 9.07. The minimum absolute atomic E-state index is 0.180. The fraction of sp³-hybridized carbons (Fsp3) is 0.684. The van der Waals surface area contributed by atoms with E-state index >= 15 is 0 Å². The van der Waals surface area contributed by atoms with Gasteiger partial charge in [0.2, 0.25) is 0 Å². The monoisotopic (exact) mass is 290 g/mol. The molecule has 21 heavy (non-hydrogen) atoms. The van der Waals surface area contributed by atoms with Crippen molar-refractivity contribution in [2.24, 2.45) is 5.92 Å². The normalized spacial score (nSPS) is 12.4. The van der Waals surface area contributed by atoms with Crippen LogP contribution >= 0.6 is 0 Å². The van der Waals surface area contributed by atoms with Crippen LogP contribution < -0.4 is 5.32 Å².